The number of phenols is 1. The molecule has 0 atom stereocenters. The van der Waals surface area contributed by atoms with Gasteiger partial charge in [0.1, 0.15) is 17.9 Å². The number of ether oxygens (including phenoxy) is 1. The molecule has 0 aromatic heterocycles. The Morgan fingerprint density at radius 3 is 2.14 bits per heavy atom. The zero-order valence-corrected chi connectivity index (χ0v) is 18.7. The topological polar surface area (TPSA) is 125 Å². The van der Waals surface area contributed by atoms with Crippen LogP contribution >= 0.6 is 0 Å². The summed E-state index contributed by atoms with van der Waals surface area (Å²) in [4.78, 5) is 35.8. The SMILES string of the molecule is O=C(NC1CC(C(=O)Nc2ccc(C(=O)O)c(O)c2)C1)OCC1c2ccccc2-c2ccccc21. The van der Waals surface area contributed by atoms with Crippen LogP contribution in [-0.4, -0.2) is 40.8 Å². The fraction of sp³-hybridized carbons (Fsp3) is 0.222. The third-order valence-electron chi connectivity index (χ3n) is 6.67. The third-order valence-corrected chi connectivity index (χ3v) is 6.67. The lowest BCUT2D eigenvalue weighted by Crippen LogP contribution is -2.48. The fourth-order valence-electron chi connectivity index (χ4n) is 4.79. The molecule has 1 saturated carbocycles. The summed E-state index contributed by atoms with van der Waals surface area (Å²) in [6.07, 6.45) is 0.426. The van der Waals surface area contributed by atoms with E-state index in [1.165, 1.54) is 18.2 Å². The summed E-state index contributed by atoms with van der Waals surface area (Å²) >= 11 is 0. The van der Waals surface area contributed by atoms with Crippen molar-refractivity contribution in [3.05, 3.63) is 83.4 Å². The van der Waals surface area contributed by atoms with Gasteiger partial charge in [0.25, 0.3) is 0 Å². The molecule has 2 aliphatic carbocycles. The van der Waals surface area contributed by atoms with Gasteiger partial charge in [-0.1, -0.05) is 48.5 Å². The standard InChI is InChI=1S/C27H24N2O6/c30-24-13-16(9-10-22(24)26(32)33)28-25(31)15-11-17(12-15)29-27(34)35-14-23-20-7-3-1-5-18(20)19-6-2-4-8-21(19)23/h1-10,13,15,17,23,30H,11-12,14H2,(H,28,31)(H,29,34)(H,32,33). The third kappa shape index (κ3) is 4.42. The number of nitrogens with one attached hydrogen (secondary N) is 2. The Morgan fingerprint density at radius 2 is 1.54 bits per heavy atom. The summed E-state index contributed by atoms with van der Waals surface area (Å²) in [5, 5.41) is 24.2. The van der Waals surface area contributed by atoms with E-state index in [1.54, 1.807) is 0 Å². The maximum atomic E-state index is 12.4. The number of hydrogen-bond donors (Lipinski definition) is 4. The molecule has 35 heavy (non-hydrogen) atoms. The van der Waals surface area contributed by atoms with Crippen LogP contribution in [0.25, 0.3) is 11.1 Å². The van der Waals surface area contributed by atoms with E-state index >= 15 is 0 Å². The van der Waals surface area contributed by atoms with Crippen molar-refractivity contribution in [2.24, 2.45) is 5.92 Å². The number of aromatic carboxylic acids is 1. The molecule has 1 fully saturated rings. The molecular weight excluding hydrogens is 448 g/mol. The van der Waals surface area contributed by atoms with Crippen LogP contribution in [0.2, 0.25) is 0 Å². The second-order valence-electron chi connectivity index (χ2n) is 8.86. The number of amides is 2. The first kappa shape index (κ1) is 22.5. The fourth-order valence-corrected chi connectivity index (χ4v) is 4.79. The van der Waals surface area contributed by atoms with E-state index in [2.05, 4.69) is 34.9 Å². The summed E-state index contributed by atoms with van der Waals surface area (Å²) in [7, 11) is 0. The van der Waals surface area contributed by atoms with Gasteiger partial charge in [-0.15, -0.1) is 0 Å². The van der Waals surface area contributed by atoms with Crippen LogP contribution in [0.4, 0.5) is 10.5 Å². The number of carboxylic acid groups (broad SMARTS) is 1. The van der Waals surface area contributed by atoms with E-state index in [4.69, 9.17) is 9.84 Å². The van der Waals surface area contributed by atoms with Crippen molar-refractivity contribution in [2.75, 3.05) is 11.9 Å². The predicted octanol–water partition coefficient (Wildman–Crippen LogP) is 4.35. The lowest BCUT2D eigenvalue weighted by atomic mass is 9.79. The van der Waals surface area contributed by atoms with Crippen molar-refractivity contribution in [1.82, 2.24) is 5.32 Å². The lowest BCUT2D eigenvalue weighted by Gasteiger charge is -2.34. The van der Waals surface area contributed by atoms with Gasteiger partial charge in [0.05, 0.1) is 0 Å². The Labute approximate surface area is 201 Å². The average Bonchev–Trinajstić information content (AvgIpc) is 3.13. The number of alkyl carbamates (subject to hydrolysis) is 1. The first-order chi connectivity index (χ1) is 16.9. The molecule has 5 rings (SSSR count). The van der Waals surface area contributed by atoms with E-state index in [0.29, 0.717) is 18.5 Å². The molecule has 0 bridgehead atoms. The number of carbonyl (C=O) groups excluding carboxylic acids is 2. The first-order valence-corrected chi connectivity index (χ1v) is 11.4. The second kappa shape index (κ2) is 9.13. The van der Waals surface area contributed by atoms with E-state index < -0.39 is 17.8 Å². The normalized spacial score (nSPS) is 18.1. The summed E-state index contributed by atoms with van der Waals surface area (Å²) in [6, 6.07) is 19.9. The molecule has 4 N–H and O–H groups in total. The van der Waals surface area contributed by atoms with E-state index in [0.717, 1.165) is 22.3 Å². The van der Waals surface area contributed by atoms with Gasteiger partial charge >= 0.3 is 12.1 Å². The average molecular weight is 472 g/mol. The summed E-state index contributed by atoms with van der Waals surface area (Å²) < 4.78 is 5.55. The van der Waals surface area contributed by atoms with Gasteiger partial charge in [-0.2, -0.15) is 0 Å². The Kier molecular flexibility index (Phi) is 5.86. The molecule has 0 unspecified atom stereocenters. The van der Waals surface area contributed by atoms with Crippen molar-refractivity contribution in [1.29, 1.82) is 0 Å². The Bertz CT molecular complexity index is 1270. The predicted molar refractivity (Wildman–Crippen MR) is 128 cm³/mol. The summed E-state index contributed by atoms with van der Waals surface area (Å²) in [5.74, 6) is -2.23. The van der Waals surface area contributed by atoms with Gasteiger partial charge in [-0.05, 0) is 47.2 Å². The molecule has 8 nitrogen and oxygen atoms in total. The highest BCUT2D eigenvalue weighted by atomic mass is 16.5. The molecule has 3 aromatic carbocycles. The van der Waals surface area contributed by atoms with Crippen LogP contribution in [0.15, 0.2) is 66.7 Å². The minimum Gasteiger partial charge on any atom is -0.507 e. The number of benzene rings is 3. The van der Waals surface area contributed by atoms with Crippen LogP contribution in [0, 0.1) is 5.92 Å². The smallest absolute Gasteiger partial charge is 0.407 e. The van der Waals surface area contributed by atoms with Crippen LogP contribution in [0.1, 0.15) is 40.2 Å². The number of aromatic hydroxyl groups is 1. The highest BCUT2D eigenvalue weighted by Gasteiger charge is 2.36. The van der Waals surface area contributed by atoms with Crippen molar-refractivity contribution >= 4 is 23.7 Å². The van der Waals surface area contributed by atoms with Crippen LogP contribution in [-0.2, 0) is 9.53 Å². The monoisotopic (exact) mass is 472 g/mol. The molecule has 0 radical (unpaired) electrons. The number of anilines is 1. The Hall–Kier alpha value is -4.33. The molecule has 178 valence electrons. The van der Waals surface area contributed by atoms with Crippen molar-refractivity contribution < 1.29 is 29.3 Å². The van der Waals surface area contributed by atoms with Gasteiger partial charge in [-0.25, -0.2) is 9.59 Å². The lowest BCUT2D eigenvalue weighted by molar-refractivity contribution is -0.122. The van der Waals surface area contributed by atoms with Gasteiger partial charge in [0.2, 0.25) is 5.91 Å². The molecule has 2 amide bonds. The molecule has 0 aliphatic heterocycles. The highest BCUT2D eigenvalue weighted by Crippen LogP contribution is 2.44. The number of carbonyl (C=O) groups is 3. The molecule has 8 heteroatoms. The van der Waals surface area contributed by atoms with Crippen LogP contribution in [0.3, 0.4) is 0 Å². The molecular formula is C27H24N2O6. The number of rotatable bonds is 6. The Balaban J connectivity index is 1.11. The molecule has 2 aliphatic rings. The number of fused-ring (bicyclic) bond motifs is 3. The maximum absolute atomic E-state index is 12.4. The summed E-state index contributed by atoms with van der Waals surface area (Å²) in [5.41, 5.74) is 4.68. The van der Waals surface area contributed by atoms with Crippen LogP contribution in [0.5, 0.6) is 5.75 Å². The largest absolute Gasteiger partial charge is 0.507 e. The minimum atomic E-state index is -1.25. The molecule has 0 spiro atoms. The van der Waals surface area contributed by atoms with E-state index in [1.807, 2.05) is 24.3 Å². The zero-order chi connectivity index (χ0) is 24.5. The number of hydrogen-bond acceptors (Lipinski definition) is 5. The Morgan fingerprint density at radius 1 is 0.914 bits per heavy atom. The highest BCUT2D eigenvalue weighted by molar-refractivity contribution is 5.95. The van der Waals surface area contributed by atoms with Gasteiger partial charge in [-0.3, -0.25) is 4.79 Å². The molecule has 3 aromatic rings. The first-order valence-electron chi connectivity index (χ1n) is 11.4. The van der Waals surface area contributed by atoms with Crippen molar-refractivity contribution in [2.45, 2.75) is 24.8 Å². The summed E-state index contributed by atoms with van der Waals surface area (Å²) in [6.45, 7) is 0.228. The van der Waals surface area contributed by atoms with Crippen molar-refractivity contribution in [3.63, 3.8) is 0 Å². The molecule has 0 heterocycles. The van der Waals surface area contributed by atoms with E-state index in [-0.39, 0.29) is 36.0 Å². The maximum Gasteiger partial charge on any atom is 0.407 e. The van der Waals surface area contributed by atoms with Gasteiger partial charge in [0, 0.05) is 29.6 Å². The van der Waals surface area contributed by atoms with Gasteiger partial charge < -0.3 is 25.6 Å². The second-order valence-corrected chi connectivity index (χ2v) is 8.86. The van der Waals surface area contributed by atoms with Crippen molar-refractivity contribution in [3.8, 4) is 16.9 Å². The van der Waals surface area contributed by atoms with Gasteiger partial charge in [0.15, 0.2) is 0 Å². The number of carboxylic acids is 1. The van der Waals surface area contributed by atoms with Crippen LogP contribution < -0.4 is 10.6 Å². The quantitative estimate of drug-likeness (QED) is 0.423. The zero-order valence-electron chi connectivity index (χ0n) is 18.7. The molecule has 0 saturated heterocycles. The van der Waals surface area contributed by atoms with E-state index in [9.17, 15) is 19.5 Å². The minimum absolute atomic E-state index is 0.0167.